The van der Waals surface area contributed by atoms with E-state index in [-0.39, 0.29) is 12.5 Å². The van der Waals surface area contributed by atoms with Crippen molar-refractivity contribution in [3.63, 3.8) is 0 Å². The molecule has 1 aliphatic rings. The summed E-state index contributed by atoms with van der Waals surface area (Å²) >= 11 is 0. The second kappa shape index (κ2) is 10.3. The van der Waals surface area contributed by atoms with Crippen molar-refractivity contribution in [1.29, 1.82) is 0 Å². The monoisotopic (exact) mass is 499 g/mol. The number of para-hydroxylation sites is 1. The van der Waals surface area contributed by atoms with Crippen LogP contribution in [0.4, 0.5) is 14.9 Å². The van der Waals surface area contributed by atoms with Crippen LogP contribution < -0.4 is 15.4 Å². The molecular formula is C29H26FN3O4. The summed E-state index contributed by atoms with van der Waals surface area (Å²) < 4.78 is 24.6. The largest absolute Gasteiger partial charge is 0.487 e. The second-order valence-corrected chi connectivity index (χ2v) is 8.87. The minimum absolute atomic E-state index is 0.178. The van der Waals surface area contributed by atoms with Gasteiger partial charge < -0.3 is 20.1 Å². The third-order valence-electron chi connectivity index (χ3n) is 6.34. The molecule has 4 aromatic rings. The van der Waals surface area contributed by atoms with Crippen LogP contribution in [0.15, 0.2) is 84.9 Å². The molecule has 0 bridgehead atoms. The number of hydrogen-bond acceptors (Lipinski definition) is 5. The molecule has 2 atom stereocenters. The standard InChI is InChI=1S/C29H26FN3O4/c1-2-36-27(34)29(33-28(35)31-22-14-12-21(30)13-15-22)17-23(29)24-16-11-20-9-6-10-25(26(20)32-24)37-18-19-7-4-3-5-8-19/h3-16,23H,2,17-18H2,1H3,(H2,31,33,35). The smallest absolute Gasteiger partial charge is 0.332 e. The maximum absolute atomic E-state index is 13.2. The zero-order chi connectivity index (χ0) is 25.8. The predicted octanol–water partition coefficient (Wildman–Crippen LogP) is 5.56. The Bertz CT molecular complexity index is 1430. The summed E-state index contributed by atoms with van der Waals surface area (Å²) in [4.78, 5) is 30.6. The number of hydrogen-bond donors (Lipinski definition) is 2. The number of carbonyl (C=O) groups is 2. The van der Waals surface area contributed by atoms with E-state index in [1.807, 2.05) is 60.7 Å². The maximum Gasteiger partial charge on any atom is 0.332 e. The Hall–Kier alpha value is -4.46. The number of amides is 2. The molecule has 0 spiro atoms. The molecule has 1 saturated carbocycles. The van der Waals surface area contributed by atoms with Gasteiger partial charge in [0.05, 0.1) is 6.61 Å². The molecule has 7 nitrogen and oxygen atoms in total. The highest BCUT2D eigenvalue weighted by Crippen LogP contribution is 2.52. The van der Waals surface area contributed by atoms with E-state index in [4.69, 9.17) is 14.5 Å². The van der Waals surface area contributed by atoms with Crippen LogP contribution in [0, 0.1) is 5.82 Å². The third kappa shape index (κ3) is 5.23. The first kappa shape index (κ1) is 24.2. The van der Waals surface area contributed by atoms with Crippen LogP contribution in [-0.2, 0) is 16.1 Å². The number of nitrogens with one attached hydrogen (secondary N) is 2. The van der Waals surface area contributed by atoms with Crippen LogP contribution in [0.2, 0.25) is 0 Å². The van der Waals surface area contributed by atoms with Crippen LogP contribution in [0.5, 0.6) is 5.75 Å². The van der Waals surface area contributed by atoms with Crippen molar-refractivity contribution in [2.24, 2.45) is 0 Å². The molecule has 2 amide bonds. The number of anilines is 1. The highest BCUT2D eigenvalue weighted by Gasteiger charge is 2.64. The van der Waals surface area contributed by atoms with Crippen LogP contribution >= 0.6 is 0 Å². The maximum atomic E-state index is 13.2. The van der Waals surface area contributed by atoms with Crippen molar-refractivity contribution in [1.82, 2.24) is 10.3 Å². The SMILES string of the molecule is CCOC(=O)C1(NC(=O)Nc2ccc(F)cc2)CC1c1ccc2cccc(OCc3ccccc3)c2n1. The van der Waals surface area contributed by atoms with Gasteiger partial charge in [-0.15, -0.1) is 0 Å². The van der Waals surface area contributed by atoms with Crippen molar-refractivity contribution < 1.29 is 23.5 Å². The lowest BCUT2D eigenvalue weighted by Crippen LogP contribution is -2.47. The van der Waals surface area contributed by atoms with E-state index in [9.17, 15) is 14.0 Å². The molecule has 2 N–H and O–H groups in total. The molecule has 0 aliphatic heterocycles. The fourth-order valence-corrected chi connectivity index (χ4v) is 4.37. The summed E-state index contributed by atoms with van der Waals surface area (Å²) in [6, 6.07) is 24.1. The zero-order valence-corrected chi connectivity index (χ0v) is 20.2. The van der Waals surface area contributed by atoms with Gasteiger partial charge in [0.2, 0.25) is 0 Å². The van der Waals surface area contributed by atoms with Gasteiger partial charge in [-0.3, -0.25) is 0 Å². The molecular weight excluding hydrogens is 473 g/mol. The quantitative estimate of drug-likeness (QED) is 0.310. The van der Waals surface area contributed by atoms with Crippen LogP contribution in [-0.4, -0.2) is 29.1 Å². The van der Waals surface area contributed by atoms with E-state index < -0.39 is 23.4 Å². The molecule has 37 heavy (non-hydrogen) atoms. The first-order chi connectivity index (χ1) is 18.0. The summed E-state index contributed by atoms with van der Waals surface area (Å²) in [6.45, 7) is 2.29. The highest BCUT2D eigenvalue weighted by molar-refractivity contribution is 5.97. The molecule has 1 aromatic heterocycles. The Balaban J connectivity index is 1.38. The Morgan fingerprint density at radius 3 is 2.54 bits per heavy atom. The van der Waals surface area contributed by atoms with Gasteiger partial charge in [0, 0.05) is 22.7 Å². The molecule has 5 rings (SSSR count). The molecule has 1 fully saturated rings. The lowest BCUT2D eigenvalue weighted by atomic mass is 10.1. The number of pyridine rings is 1. The summed E-state index contributed by atoms with van der Waals surface area (Å²) in [5, 5.41) is 6.33. The van der Waals surface area contributed by atoms with Crippen molar-refractivity contribution >= 4 is 28.6 Å². The zero-order valence-electron chi connectivity index (χ0n) is 20.2. The summed E-state index contributed by atoms with van der Waals surface area (Å²) in [6.07, 6.45) is 0.341. The van der Waals surface area contributed by atoms with Gasteiger partial charge in [-0.25, -0.2) is 19.0 Å². The van der Waals surface area contributed by atoms with E-state index in [1.54, 1.807) is 6.92 Å². The minimum atomic E-state index is -1.25. The minimum Gasteiger partial charge on any atom is -0.487 e. The van der Waals surface area contributed by atoms with Crippen molar-refractivity contribution in [2.75, 3.05) is 11.9 Å². The number of aromatic nitrogens is 1. The Kier molecular flexibility index (Phi) is 6.72. The number of nitrogens with zero attached hydrogens (tertiary/aromatic N) is 1. The fraction of sp³-hybridized carbons (Fsp3) is 0.207. The lowest BCUT2D eigenvalue weighted by molar-refractivity contribution is -0.146. The average molecular weight is 500 g/mol. The van der Waals surface area contributed by atoms with Crippen molar-refractivity contribution in [3.05, 3.63) is 102 Å². The number of urea groups is 1. The number of rotatable bonds is 8. The molecule has 1 heterocycles. The van der Waals surface area contributed by atoms with Crippen LogP contribution in [0.25, 0.3) is 10.9 Å². The third-order valence-corrected chi connectivity index (χ3v) is 6.34. The van der Waals surface area contributed by atoms with E-state index in [1.165, 1.54) is 24.3 Å². The second-order valence-electron chi connectivity index (χ2n) is 8.87. The molecule has 0 saturated heterocycles. The van der Waals surface area contributed by atoms with Crippen LogP contribution in [0.1, 0.15) is 30.5 Å². The van der Waals surface area contributed by atoms with E-state index in [0.29, 0.717) is 35.7 Å². The molecule has 3 aromatic carbocycles. The number of ether oxygens (including phenoxy) is 2. The van der Waals surface area contributed by atoms with Crippen LogP contribution in [0.3, 0.4) is 0 Å². The topological polar surface area (TPSA) is 89.5 Å². The summed E-state index contributed by atoms with van der Waals surface area (Å²) in [7, 11) is 0. The van der Waals surface area contributed by atoms with Gasteiger partial charge in [0.1, 0.15) is 29.2 Å². The normalized spacial score (nSPS) is 18.2. The van der Waals surface area contributed by atoms with Crippen molar-refractivity contribution in [2.45, 2.75) is 31.4 Å². The molecule has 8 heteroatoms. The van der Waals surface area contributed by atoms with E-state index in [2.05, 4.69) is 10.6 Å². The fourth-order valence-electron chi connectivity index (χ4n) is 4.37. The molecule has 188 valence electrons. The van der Waals surface area contributed by atoms with Gasteiger partial charge >= 0.3 is 12.0 Å². The Labute approximate surface area is 213 Å². The Morgan fingerprint density at radius 1 is 1.00 bits per heavy atom. The van der Waals surface area contributed by atoms with Gasteiger partial charge in [0.15, 0.2) is 0 Å². The highest BCUT2D eigenvalue weighted by atomic mass is 19.1. The first-order valence-electron chi connectivity index (χ1n) is 12.1. The number of carbonyl (C=O) groups excluding carboxylic acids is 2. The number of benzene rings is 3. The number of fused-ring (bicyclic) bond motifs is 1. The van der Waals surface area contributed by atoms with E-state index >= 15 is 0 Å². The molecule has 1 aliphatic carbocycles. The van der Waals surface area contributed by atoms with Gasteiger partial charge in [0.25, 0.3) is 0 Å². The average Bonchev–Trinajstić information content (AvgIpc) is 3.64. The number of esters is 1. The van der Waals surface area contributed by atoms with Crippen molar-refractivity contribution in [3.8, 4) is 5.75 Å². The van der Waals surface area contributed by atoms with E-state index in [0.717, 1.165) is 10.9 Å². The lowest BCUT2D eigenvalue weighted by Gasteiger charge is -2.19. The van der Waals surface area contributed by atoms with Gasteiger partial charge in [-0.1, -0.05) is 48.5 Å². The summed E-state index contributed by atoms with van der Waals surface area (Å²) in [5.74, 6) is -0.680. The Morgan fingerprint density at radius 2 is 1.78 bits per heavy atom. The first-order valence-corrected chi connectivity index (χ1v) is 12.1. The predicted molar refractivity (Wildman–Crippen MR) is 138 cm³/mol. The van der Waals surface area contributed by atoms with Gasteiger partial charge in [-0.05, 0) is 55.3 Å². The summed E-state index contributed by atoms with van der Waals surface area (Å²) in [5.41, 5.74) is 1.52. The van der Waals surface area contributed by atoms with Gasteiger partial charge in [-0.2, -0.15) is 0 Å². The molecule has 0 radical (unpaired) electrons. The number of halogens is 1. The molecule has 2 unspecified atom stereocenters.